The van der Waals surface area contributed by atoms with Crippen molar-refractivity contribution in [3.63, 3.8) is 0 Å². The summed E-state index contributed by atoms with van der Waals surface area (Å²) >= 11 is 0. The van der Waals surface area contributed by atoms with Gasteiger partial charge in [-0.15, -0.1) is 0 Å². The Morgan fingerprint density at radius 1 is 1.56 bits per heavy atom. The summed E-state index contributed by atoms with van der Waals surface area (Å²) in [5.74, 6) is 0. The topological polar surface area (TPSA) is 29.5 Å². The van der Waals surface area contributed by atoms with Crippen LogP contribution in [0.4, 0.5) is 0 Å². The van der Waals surface area contributed by atoms with Gasteiger partial charge in [0.05, 0.1) is 19.1 Å². The van der Waals surface area contributed by atoms with Gasteiger partial charge in [0.15, 0.2) is 0 Å². The molecule has 0 heterocycles. The number of allylic oxidation sites excluding steroid dienone is 1. The molecule has 2 heteroatoms. The van der Waals surface area contributed by atoms with Crippen molar-refractivity contribution in [2.24, 2.45) is 0 Å². The second kappa shape index (κ2) is 5.38. The number of hydrogen-bond acceptors (Lipinski definition) is 2. The van der Waals surface area contributed by atoms with Crippen LogP contribution in [0.3, 0.4) is 0 Å². The highest BCUT2D eigenvalue weighted by Gasteiger charge is 1.72. The lowest BCUT2D eigenvalue weighted by Crippen LogP contribution is -1.73. The molecule has 0 aliphatic heterocycles. The molecule has 0 fully saturated rings. The van der Waals surface area contributed by atoms with Crippen LogP contribution >= 0.6 is 0 Å². The Morgan fingerprint density at radius 3 is 2.67 bits per heavy atom. The minimum atomic E-state index is 0.0244. The van der Waals surface area contributed by atoms with E-state index in [0.717, 1.165) is 5.57 Å². The van der Waals surface area contributed by atoms with Gasteiger partial charge in [-0.25, -0.2) is 0 Å². The van der Waals surface area contributed by atoms with Crippen molar-refractivity contribution in [2.45, 2.75) is 13.8 Å². The van der Waals surface area contributed by atoms with E-state index in [0.29, 0.717) is 0 Å². The third-order valence-electron chi connectivity index (χ3n) is 0.584. The summed E-state index contributed by atoms with van der Waals surface area (Å²) in [6.45, 7) is 3.90. The van der Waals surface area contributed by atoms with Crippen LogP contribution in [0.15, 0.2) is 24.2 Å². The van der Waals surface area contributed by atoms with Gasteiger partial charge in [-0.3, -0.25) is 0 Å². The lowest BCUT2D eigenvalue weighted by atomic mass is 10.4. The Bertz CT molecular complexity index is 110. The first-order valence-electron chi connectivity index (χ1n) is 2.82. The average molecular weight is 128 g/mol. The highest BCUT2D eigenvalue weighted by molar-refractivity contribution is 4.88. The molecule has 9 heavy (non-hydrogen) atoms. The maximum Gasteiger partial charge on any atom is 0.0887 e. The predicted molar refractivity (Wildman–Crippen MR) is 36.7 cm³/mol. The standard InChI is InChI=1S/C7H12O2/c1-7(2)6-9-5-3-4-8/h3,5-6,8H,4H2,1-2H3. The van der Waals surface area contributed by atoms with Gasteiger partial charge in [0.25, 0.3) is 0 Å². The fourth-order valence-corrected chi connectivity index (χ4v) is 0.274. The molecule has 0 bridgehead atoms. The summed E-state index contributed by atoms with van der Waals surface area (Å²) in [7, 11) is 0. The molecule has 0 aromatic heterocycles. The predicted octanol–water partition coefficient (Wildman–Crippen LogP) is 1.43. The van der Waals surface area contributed by atoms with E-state index in [2.05, 4.69) is 0 Å². The molecule has 0 saturated heterocycles. The molecule has 0 aliphatic carbocycles. The summed E-state index contributed by atoms with van der Waals surface area (Å²) in [5, 5.41) is 8.24. The first-order chi connectivity index (χ1) is 4.27. The van der Waals surface area contributed by atoms with Gasteiger partial charge >= 0.3 is 0 Å². The molecular weight excluding hydrogens is 116 g/mol. The second-order valence-corrected chi connectivity index (χ2v) is 1.89. The van der Waals surface area contributed by atoms with Crippen LogP contribution in [0.2, 0.25) is 0 Å². The maximum absolute atomic E-state index is 8.24. The molecule has 0 saturated carbocycles. The number of ether oxygens (including phenoxy) is 1. The molecule has 2 nitrogen and oxygen atoms in total. The minimum Gasteiger partial charge on any atom is -0.473 e. The van der Waals surface area contributed by atoms with E-state index in [9.17, 15) is 0 Å². The monoisotopic (exact) mass is 128 g/mol. The zero-order valence-electron chi connectivity index (χ0n) is 5.79. The SMILES string of the molecule is CC(C)=COC=CCO. The zero-order valence-corrected chi connectivity index (χ0v) is 5.79. The summed E-state index contributed by atoms with van der Waals surface area (Å²) in [4.78, 5) is 0. The first-order valence-corrected chi connectivity index (χ1v) is 2.82. The minimum absolute atomic E-state index is 0.0244. The van der Waals surface area contributed by atoms with Gasteiger partial charge in [0.1, 0.15) is 0 Å². The van der Waals surface area contributed by atoms with E-state index in [-0.39, 0.29) is 6.61 Å². The van der Waals surface area contributed by atoms with Crippen molar-refractivity contribution >= 4 is 0 Å². The smallest absolute Gasteiger partial charge is 0.0887 e. The van der Waals surface area contributed by atoms with Crippen LogP contribution in [0, 0.1) is 0 Å². The molecule has 0 spiro atoms. The normalized spacial score (nSPS) is 9.67. The van der Waals surface area contributed by atoms with Crippen molar-refractivity contribution in [2.75, 3.05) is 6.61 Å². The summed E-state index contributed by atoms with van der Waals surface area (Å²) in [6, 6.07) is 0. The van der Waals surface area contributed by atoms with E-state index in [1.54, 1.807) is 6.26 Å². The van der Waals surface area contributed by atoms with Gasteiger partial charge < -0.3 is 9.84 Å². The third kappa shape index (κ3) is 7.24. The van der Waals surface area contributed by atoms with Crippen LogP contribution < -0.4 is 0 Å². The number of hydrogen-bond donors (Lipinski definition) is 1. The van der Waals surface area contributed by atoms with E-state index in [1.165, 1.54) is 12.3 Å². The van der Waals surface area contributed by atoms with Crippen LogP contribution in [0.25, 0.3) is 0 Å². The lowest BCUT2D eigenvalue weighted by Gasteiger charge is -1.89. The molecule has 1 N–H and O–H groups in total. The van der Waals surface area contributed by atoms with Crippen molar-refractivity contribution in [1.82, 2.24) is 0 Å². The lowest BCUT2D eigenvalue weighted by molar-refractivity contribution is 0.331. The van der Waals surface area contributed by atoms with Crippen LogP contribution in [-0.4, -0.2) is 11.7 Å². The van der Waals surface area contributed by atoms with E-state index in [4.69, 9.17) is 9.84 Å². The Kier molecular flexibility index (Phi) is 4.92. The molecule has 0 amide bonds. The van der Waals surface area contributed by atoms with Gasteiger partial charge in [0, 0.05) is 0 Å². The summed E-state index contributed by atoms with van der Waals surface area (Å²) < 4.78 is 4.83. The number of aliphatic hydroxyl groups excluding tert-OH is 1. The van der Waals surface area contributed by atoms with Gasteiger partial charge in [0.2, 0.25) is 0 Å². The molecule has 0 atom stereocenters. The molecule has 0 rings (SSSR count). The Labute approximate surface area is 55.5 Å². The molecule has 0 aromatic rings. The summed E-state index contributed by atoms with van der Waals surface area (Å²) in [6.07, 6.45) is 4.60. The highest BCUT2D eigenvalue weighted by atomic mass is 16.5. The largest absolute Gasteiger partial charge is 0.473 e. The molecule has 0 unspecified atom stereocenters. The second-order valence-electron chi connectivity index (χ2n) is 1.89. The highest BCUT2D eigenvalue weighted by Crippen LogP contribution is 1.89. The Morgan fingerprint density at radius 2 is 2.22 bits per heavy atom. The van der Waals surface area contributed by atoms with Crippen molar-refractivity contribution in [3.05, 3.63) is 24.2 Å². The van der Waals surface area contributed by atoms with E-state index < -0.39 is 0 Å². The van der Waals surface area contributed by atoms with E-state index >= 15 is 0 Å². The average Bonchev–Trinajstić information content (AvgIpc) is 1.80. The first kappa shape index (κ1) is 8.24. The Balaban J connectivity index is 3.29. The van der Waals surface area contributed by atoms with Crippen LogP contribution in [0.5, 0.6) is 0 Å². The van der Waals surface area contributed by atoms with Gasteiger partial charge in [-0.2, -0.15) is 0 Å². The third-order valence-corrected chi connectivity index (χ3v) is 0.584. The molecular formula is C7H12O2. The fourth-order valence-electron chi connectivity index (χ4n) is 0.274. The van der Waals surface area contributed by atoms with Crippen LogP contribution in [0.1, 0.15) is 13.8 Å². The molecule has 0 radical (unpaired) electrons. The molecule has 52 valence electrons. The van der Waals surface area contributed by atoms with Gasteiger partial charge in [-0.05, 0) is 25.5 Å². The maximum atomic E-state index is 8.24. The van der Waals surface area contributed by atoms with Gasteiger partial charge in [-0.1, -0.05) is 0 Å². The number of aliphatic hydroxyl groups is 1. The fraction of sp³-hybridized carbons (Fsp3) is 0.429. The van der Waals surface area contributed by atoms with Crippen molar-refractivity contribution in [3.8, 4) is 0 Å². The Hall–Kier alpha value is -0.760. The van der Waals surface area contributed by atoms with E-state index in [1.807, 2.05) is 13.8 Å². The van der Waals surface area contributed by atoms with Crippen molar-refractivity contribution in [1.29, 1.82) is 0 Å². The summed E-state index contributed by atoms with van der Waals surface area (Å²) in [5.41, 5.74) is 1.09. The molecule has 0 aliphatic rings. The molecule has 0 aromatic carbocycles. The number of rotatable bonds is 3. The van der Waals surface area contributed by atoms with Crippen molar-refractivity contribution < 1.29 is 9.84 Å². The quantitative estimate of drug-likeness (QED) is 0.582. The zero-order chi connectivity index (χ0) is 7.11. The van der Waals surface area contributed by atoms with Crippen LogP contribution in [-0.2, 0) is 4.74 Å².